The molecule has 1 aliphatic heterocycles. The summed E-state index contributed by atoms with van der Waals surface area (Å²) < 4.78 is 1.14. The summed E-state index contributed by atoms with van der Waals surface area (Å²) in [6.45, 7) is 0. The second-order valence-corrected chi connectivity index (χ2v) is 21.9. The van der Waals surface area contributed by atoms with Gasteiger partial charge in [0.25, 0.3) is 0 Å². The fraction of sp³-hybridized carbons (Fsp3) is 1.00. The van der Waals surface area contributed by atoms with Crippen LogP contribution in [0.3, 0.4) is 0 Å². The molecule has 1 aliphatic rings. The first-order valence-electron chi connectivity index (χ1n) is 3.72. The molecule has 0 aromatic rings. The van der Waals surface area contributed by atoms with Crippen molar-refractivity contribution in [3.63, 3.8) is 0 Å². The minimum absolute atomic E-state index is 1.14. The van der Waals surface area contributed by atoms with Gasteiger partial charge in [-0.05, 0) is 0 Å². The Balaban J connectivity index is 2.42. The van der Waals surface area contributed by atoms with Crippen molar-refractivity contribution in [2.24, 2.45) is 0 Å². The Kier molecular flexibility index (Phi) is 2.78. The fourth-order valence-corrected chi connectivity index (χ4v) is 11.1. The number of hydrogen-bond donors (Lipinski definition) is 0. The van der Waals surface area contributed by atoms with Gasteiger partial charge in [-0.3, -0.25) is 0 Å². The van der Waals surface area contributed by atoms with Gasteiger partial charge in [-0.25, -0.2) is 0 Å². The summed E-state index contributed by atoms with van der Waals surface area (Å²) in [5, 5.41) is 0. The number of hydrogen-bond acceptors (Lipinski definition) is 1. The molecule has 0 aliphatic carbocycles. The van der Waals surface area contributed by atoms with Crippen LogP contribution in [0.1, 0.15) is 12.8 Å². The SMILES string of the molecule is [CH3][Sn]([CH3])([CH3])[CH]1CCCS1. The van der Waals surface area contributed by atoms with Gasteiger partial charge < -0.3 is 0 Å². The summed E-state index contributed by atoms with van der Waals surface area (Å²) in [7, 11) is 0. The van der Waals surface area contributed by atoms with Gasteiger partial charge in [0.2, 0.25) is 0 Å². The van der Waals surface area contributed by atoms with Crippen LogP contribution < -0.4 is 0 Å². The van der Waals surface area contributed by atoms with Gasteiger partial charge in [0.15, 0.2) is 0 Å². The Bertz CT molecular complexity index is 89.6. The molecule has 2 heteroatoms. The van der Waals surface area contributed by atoms with E-state index in [0.717, 1.165) is 3.27 Å². The van der Waals surface area contributed by atoms with Gasteiger partial charge in [0.1, 0.15) is 0 Å². The van der Waals surface area contributed by atoms with Gasteiger partial charge in [0, 0.05) is 0 Å². The van der Waals surface area contributed by atoms with Crippen molar-refractivity contribution < 1.29 is 0 Å². The second-order valence-electron chi connectivity index (χ2n) is 3.87. The summed E-state index contributed by atoms with van der Waals surface area (Å²) in [5.41, 5.74) is 0. The molecule has 1 fully saturated rings. The molecule has 0 aromatic carbocycles. The molecule has 0 N–H and O–H groups in total. The summed E-state index contributed by atoms with van der Waals surface area (Å²) in [5.74, 6) is 1.44. The maximum absolute atomic E-state index is 2.55. The zero-order chi connectivity index (χ0) is 6.91. The third kappa shape index (κ3) is 2.34. The van der Waals surface area contributed by atoms with Crippen molar-refractivity contribution in [2.75, 3.05) is 5.75 Å². The standard InChI is InChI=1S/C4H7S.3CH3.Sn/c1-2-4-5-3-1;;;;/h3H,1-2,4H2;3*1H3;. The van der Waals surface area contributed by atoms with Crippen LogP contribution in [0.15, 0.2) is 0 Å². The van der Waals surface area contributed by atoms with Crippen molar-refractivity contribution in [1.82, 2.24) is 0 Å². The quantitative estimate of drug-likeness (QED) is 0.645. The Labute approximate surface area is 66.7 Å². The maximum atomic E-state index is 2.55. The Morgan fingerprint density at radius 1 is 1.33 bits per heavy atom. The van der Waals surface area contributed by atoms with Crippen molar-refractivity contribution in [2.45, 2.75) is 30.9 Å². The Morgan fingerprint density at radius 2 is 2.00 bits per heavy atom. The molecule has 0 aromatic heterocycles. The first-order chi connectivity index (χ1) is 4.11. The third-order valence-electron chi connectivity index (χ3n) is 1.90. The van der Waals surface area contributed by atoms with Gasteiger partial charge >= 0.3 is 66.8 Å². The van der Waals surface area contributed by atoms with Crippen LogP contribution in [0.5, 0.6) is 0 Å². The van der Waals surface area contributed by atoms with Crippen LogP contribution in [-0.4, -0.2) is 27.4 Å². The van der Waals surface area contributed by atoms with E-state index >= 15 is 0 Å². The average Bonchev–Trinajstić information content (AvgIpc) is 2.08. The predicted molar refractivity (Wildman–Crippen MR) is 48.8 cm³/mol. The van der Waals surface area contributed by atoms with Crippen LogP contribution in [0.4, 0.5) is 0 Å². The summed E-state index contributed by atoms with van der Waals surface area (Å²) >= 11 is 0.814. The topological polar surface area (TPSA) is 0 Å². The fourth-order valence-electron chi connectivity index (χ4n) is 1.26. The molecule has 1 heterocycles. The van der Waals surface area contributed by atoms with Crippen LogP contribution in [-0.2, 0) is 0 Å². The summed E-state index contributed by atoms with van der Waals surface area (Å²) in [6.07, 6.45) is 3.02. The van der Waals surface area contributed by atoms with Crippen LogP contribution >= 0.6 is 11.8 Å². The van der Waals surface area contributed by atoms with E-state index in [2.05, 4.69) is 26.6 Å². The molecule has 0 spiro atoms. The number of rotatable bonds is 1. The summed E-state index contributed by atoms with van der Waals surface area (Å²) in [4.78, 5) is 7.66. The minimum atomic E-state index is -1.43. The van der Waals surface area contributed by atoms with Crippen molar-refractivity contribution in [1.29, 1.82) is 0 Å². The Morgan fingerprint density at radius 3 is 2.22 bits per heavy atom. The predicted octanol–water partition coefficient (Wildman–Crippen LogP) is 2.76. The second kappa shape index (κ2) is 3.03. The van der Waals surface area contributed by atoms with Crippen LogP contribution in [0.2, 0.25) is 14.8 Å². The first-order valence-corrected chi connectivity index (χ1v) is 15.0. The van der Waals surface area contributed by atoms with E-state index in [1.807, 2.05) is 0 Å². The molecule has 1 saturated heterocycles. The van der Waals surface area contributed by atoms with Crippen molar-refractivity contribution >= 4 is 30.1 Å². The molecule has 1 rings (SSSR count). The van der Waals surface area contributed by atoms with E-state index in [1.165, 1.54) is 18.6 Å². The zero-order valence-corrected chi connectivity index (χ0v) is 10.3. The molecular weight excluding hydrogens is 235 g/mol. The summed E-state index contributed by atoms with van der Waals surface area (Å²) in [6, 6.07) is 0. The number of thioether (sulfide) groups is 1. The molecule has 9 heavy (non-hydrogen) atoms. The first kappa shape index (κ1) is 8.25. The third-order valence-corrected chi connectivity index (χ3v) is 15.6. The van der Waals surface area contributed by atoms with Gasteiger partial charge in [-0.1, -0.05) is 0 Å². The van der Waals surface area contributed by atoms with E-state index in [1.54, 1.807) is 0 Å². The van der Waals surface area contributed by atoms with Gasteiger partial charge in [-0.15, -0.1) is 0 Å². The van der Waals surface area contributed by atoms with E-state index in [4.69, 9.17) is 0 Å². The molecule has 0 radical (unpaired) electrons. The monoisotopic (exact) mass is 252 g/mol. The van der Waals surface area contributed by atoms with Crippen molar-refractivity contribution in [3.8, 4) is 0 Å². The molecule has 54 valence electrons. The molecule has 0 nitrogen and oxygen atoms in total. The molecule has 0 saturated carbocycles. The molecule has 1 atom stereocenters. The van der Waals surface area contributed by atoms with Crippen LogP contribution in [0.25, 0.3) is 0 Å². The van der Waals surface area contributed by atoms with E-state index in [-0.39, 0.29) is 0 Å². The van der Waals surface area contributed by atoms with Crippen molar-refractivity contribution in [3.05, 3.63) is 0 Å². The van der Waals surface area contributed by atoms with Gasteiger partial charge in [0.05, 0.1) is 0 Å². The zero-order valence-electron chi connectivity index (χ0n) is 6.61. The molecular formula is C7H16SSn. The van der Waals surface area contributed by atoms with Crippen LogP contribution in [0, 0.1) is 0 Å². The molecule has 0 bridgehead atoms. The van der Waals surface area contributed by atoms with Gasteiger partial charge in [-0.2, -0.15) is 0 Å². The normalized spacial score (nSPS) is 29.0. The average molecular weight is 251 g/mol. The molecule has 1 unspecified atom stereocenters. The Hall–Kier alpha value is 1.15. The van der Waals surface area contributed by atoms with E-state index < -0.39 is 18.4 Å². The van der Waals surface area contributed by atoms with E-state index in [9.17, 15) is 0 Å². The molecule has 0 amide bonds. The van der Waals surface area contributed by atoms with E-state index in [0.29, 0.717) is 0 Å².